The smallest absolute Gasteiger partial charge is 0.122 e. The fourth-order valence-corrected chi connectivity index (χ4v) is 2.54. The average molecular weight is 231 g/mol. The SMILES string of the molecule is Cc1ccc(OC2CC2)c(CC2CCCN2)c1. The highest BCUT2D eigenvalue weighted by atomic mass is 16.5. The van der Waals surface area contributed by atoms with Gasteiger partial charge in [-0.1, -0.05) is 17.7 Å². The second-order valence-corrected chi connectivity index (χ2v) is 5.43. The van der Waals surface area contributed by atoms with Crippen LogP contribution in [0, 0.1) is 6.92 Å². The van der Waals surface area contributed by atoms with Gasteiger partial charge in [0, 0.05) is 6.04 Å². The van der Waals surface area contributed by atoms with Crippen molar-refractivity contribution in [3.63, 3.8) is 0 Å². The first-order chi connectivity index (χ1) is 8.31. The fourth-order valence-electron chi connectivity index (χ4n) is 2.54. The Labute approximate surface area is 103 Å². The summed E-state index contributed by atoms with van der Waals surface area (Å²) in [5, 5.41) is 3.57. The van der Waals surface area contributed by atoms with Crippen molar-refractivity contribution in [2.75, 3.05) is 6.54 Å². The van der Waals surface area contributed by atoms with Crippen molar-refractivity contribution >= 4 is 0 Å². The van der Waals surface area contributed by atoms with Crippen molar-refractivity contribution in [2.45, 2.75) is 51.2 Å². The van der Waals surface area contributed by atoms with E-state index in [9.17, 15) is 0 Å². The summed E-state index contributed by atoms with van der Waals surface area (Å²) in [7, 11) is 0. The summed E-state index contributed by atoms with van der Waals surface area (Å²) < 4.78 is 5.99. The molecule has 2 fully saturated rings. The number of ether oxygens (including phenoxy) is 1. The second-order valence-electron chi connectivity index (χ2n) is 5.43. The van der Waals surface area contributed by atoms with E-state index in [4.69, 9.17) is 4.74 Å². The largest absolute Gasteiger partial charge is 0.490 e. The Bertz CT molecular complexity index is 392. The number of hydrogen-bond acceptors (Lipinski definition) is 2. The minimum atomic E-state index is 0.494. The molecule has 0 aromatic heterocycles. The average Bonchev–Trinajstić information content (AvgIpc) is 2.98. The fraction of sp³-hybridized carbons (Fsp3) is 0.600. The monoisotopic (exact) mass is 231 g/mol. The summed E-state index contributed by atoms with van der Waals surface area (Å²) in [6.07, 6.45) is 6.69. The maximum atomic E-state index is 5.99. The number of nitrogens with one attached hydrogen (secondary N) is 1. The zero-order chi connectivity index (χ0) is 11.7. The summed E-state index contributed by atoms with van der Waals surface area (Å²) in [4.78, 5) is 0. The van der Waals surface area contributed by atoms with E-state index in [2.05, 4.69) is 30.4 Å². The van der Waals surface area contributed by atoms with Crippen molar-refractivity contribution in [1.29, 1.82) is 0 Å². The summed E-state index contributed by atoms with van der Waals surface area (Å²) in [5.74, 6) is 1.12. The molecule has 1 N–H and O–H groups in total. The highest BCUT2D eigenvalue weighted by molar-refractivity contribution is 5.38. The Morgan fingerprint density at radius 1 is 1.29 bits per heavy atom. The molecule has 1 saturated carbocycles. The molecule has 92 valence electrons. The van der Waals surface area contributed by atoms with E-state index in [0.717, 1.165) is 12.2 Å². The molecular weight excluding hydrogens is 210 g/mol. The van der Waals surface area contributed by atoms with Gasteiger partial charge in [-0.15, -0.1) is 0 Å². The molecule has 1 aliphatic carbocycles. The molecule has 1 heterocycles. The number of aryl methyl sites for hydroxylation is 1. The van der Waals surface area contributed by atoms with Crippen LogP contribution in [0.2, 0.25) is 0 Å². The van der Waals surface area contributed by atoms with E-state index in [1.54, 1.807) is 0 Å². The van der Waals surface area contributed by atoms with E-state index in [0.29, 0.717) is 12.1 Å². The predicted molar refractivity (Wildman–Crippen MR) is 69.6 cm³/mol. The van der Waals surface area contributed by atoms with Gasteiger partial charge in [-0.2, -0.15) is 0 Å². The molecule has 2 aliphatic rings. The van der Waals surface area contributed by atoms with E-state index in [1.807, 2.05) is 0 Å². The molecule has 17 heavy (non-hydrogen) atoms. The molecule has 1 aromatic rings. The first-order valence-electron chi connectivity index (χ1n) is 6.81. The highest BCUT2D eigenvalue weighted by Gasteiger charge is 2.25. The summed E-state index contributed by atoms with van der Waals surface area (Å²) in [6.45, 7) is 3.34. The minimum Gasteiger partial charge on any atom is -0.490 e. The molecule has 1 aromatic carbocycles. The van der Waals surface area contributed by atoms with Crippen LogP contribution < -0.4 is 10.1 Å². The van der Waals surface area contributed by atoms with Crippen LogP contribution >= 0.6 is 0 Å². The van der Waals surface area contributed by atoms with Crippen molar-refractivity contribution in [3.8, 4) is 5.75 Å². The number of rotatable bonds is 4. The molecule has 1 saturated heterocycles. The van der Waals surface area contributed by atoms with Crippen LogP contribution in [0.15, 0.2) is 18.2 Å². The van der Waals surface area contributed by atoms with Gasteiger partial charge < -0.3 is 10.1 Å². The Hall–Kier alpha value is -1.02. The lowest BCUT2D eigenvalue weighted by atomic mass is 10.0. The van der Waals surface area contributed by atoms with Crippen LogP contribution in [0.1, 0.15) is 36.8 Å². The van der Waals surface area contributed by atoms with Crippen molar-refractivity contribution < 1.29 is 4.74 Å². The predicted octanol–water partition coefficient (Wildman–Crippen LogP) is 2.83. The number of hydrogen-bond donors (Lipinski definition) is 1. The first-order valence-corrected chi connectivity index (χ1v) is 6.81. The molecule has 1 unspecified atom stereocenters. The lowest BCUT2D eigenvalue weighted by Gasteiger charge is -2.15. The molecule has 2 nitrogen and oxygen atoms in total. The zero-order valence-corrected chi connectivity index (χ0v) is 10.5. The summed E-state index contributed by atoms with van der Waals surface area (Å²) >= 11 is 0. The van der Waals surface area contributed by atoms with E-state index >= 15 is 0 Å². The summed E-state index contributed by atoms with van der Waals surface area (Å²) in [5.41, 5.74) is 2.72. The molecule has 1 aliphatic heterocycles. The third-order valence-electron chi connectivity index (χ3n) is 3.66. The summed E-state index contributed by atoms with van der Waals surface area (Å²) in [6, 6.07) is 7.25. The van der Waals surface area contributed by atoms with Crippen LogP contribution in [-0.4, -0.2) is 18.7 Å². The van der Waals surface area contributed by atoms with Gasteiger partial charge in [0.25, 0.3) is 0 Å². The third kappa shape index (κ3) is 2.81. The van der Waals surface area contributed by atoms with E-state index < -0.39 is 0 Å². The van der Waals surface area contributed by atoms with Crippen LogP contribution in [0.25, 0.3) is 0 Å². The van der Waals surface area contributed by atoms with Gasteiger partial charge in [0.15, 0.2) is 0 Å². The minimum absolute atomic E-state index is 0.494. The molecule has 0 amide bonds. The maximum Gasteiger partial charge on any atom is 0.122 e. The normalized spacial score (nSPS) is 23.9. The number of benzene rings is 1. The van der Waals surface area contributed by atoms with Gasteiger partial charge in [-0.05, 0) is 57.2 Å². The second kappa shape index (κ2) is 4.69. The van der Waals surface area contributed by atoms with Crippen molar-refractivity contribution in [2.24, 2.45) is 0 Å². The molecule has 1 atom stereocenters. The van der Waals surface area contributed by atoms with Crippen molar-refractivity contribution in [1.82, 2.24) is 5.32 Å². The molecule has 3 rings (SSSR count). The Morgan fingerprint density at radius 2 is 2.18 bits per heavy atom. The van der Waals surface area contributed by atoms with Gasteiger partial charge in [0.05, 0.1) is 6.10 Å². The Balaban J connectivity index is 1.76. The molecule has 0 bridgehead atoms. The molecule has 0 spiro atoms. The van der Waals surface area contributed by atoms with Gasteiger partial charge in [0.2, 0.25) is 0 Å². The molecule has 0 radical (unpaired) electrons. The zero-order valence-electron chi connectivity index (χ0n) is 10.5. The van der Waals surface area contributed by atoms with E-state index in [-0.39, 0.29) is 0 Å². The van der Waals surface area contributed by atoms with Crippen LogP contribution in [0.3, 0.4) is 0 Å². The van der Waals surface area contributed by atoms with Crippen LogP contribution in [0.5, 0.6) is 5.75 Å². The lowest BCUT2D eigenvalue weighted by molar-refractivity contribution is 0.299. The van der Waals surface area contributed by atoms with Crippen LogP contribution in [-0.2, 0) is 6.42 Å². The molecule has 2 heteroatoms. The lowest BCUT2D eigenvalue weighted by Crippen LogP contribution is -2.24. The first kappa shape index (κ1) is 11.1. The topological polar surface area (TPSA) is 21.3 Å². The maximum absolute atomic E-state index is 5.99. The van der Waals surface area contributed by atoms with Crippen LogP contribution in [0.4, 0.5) is 0 Å². The Morgan fingerprint density at radius 3 is 2.88 bits per heavy atom. The van der Waals surface area contributed by atoms with Gasteiger partial charge >= 0.3 is 0 Å². The van der Waals surface area contributed by atoms with Gasteiger partial charge in [-0.3, -0.25) is 0 Å². The Kier molecular flexibility index (Phi) is 3.06. The molecular formula is C15H21NO. The third-order valence-corrected chi connectivity index (χ3v) is 3.66. The highest BCUT2D eigenvalue weighted by Crippen LogP contribution is 2.30. The van der Waals surface area contributed by atoms with E-state index in [1.165, 1.54) is 43.4 Å². The standard InChI is InChI=1S/C15H21NO/c1-11-4-7-15(17-14-5-6-14)12(9-11)10-13-3-2-8-16-13/h4,7,9,13-14,16H,2-3,5-6,8,10H2,1H3. The van der Waals surface area contributed by atoms with Gasteiger partial charge in [-0.25, -0.2) is 0 Å². The van der Waals surface area contributed by atoms with Gasteiger partial charge in [0.1, 0.15) is 5.75 Å². The quantitative estimate of drug-likeness (QED) is 0.860. The van der Waals surface area contributed by atoms with Crippen molar-refractivity contribution in [3.05, 3.63) is 29.3 Å².